The van der Waals surface area contributed by atoms with Gasteiger partial charge in [0.05, 0.1) is 26.4 Å². The van der Waals surface area contributed by atoms with Gasteiger partial charge in [-0.05, 0) is 31.2 Å². The van der Waals surface area contributed by atoms with Crippen LogP contribution in [0.1, 0.15) is 18.6 Å². The Bertz CT molecular complexity index is 614. The number of hydrogen-bond donors (Lipinski definition) is 0. The molecule has 2 heterocycles. The second kappa shape index (κ2) is 7.43. The van der Waals surface area contributed by atoms with Crippen LogP contribution in [0.2, 0.25) is 0 Å². The molecule has 124 valence electrons. The van der Waals surface area contributed by atoms with E-state index in [9.17, 15) is 0 Å². The molecule has 7 nitrogen and oxygen atoms in total. The van der Waals surface area contributed by atoms with E-state index >= 15 is 0 Å². The normalized spacial score (nSPS) is 18.8. The lowest BCUT2D eigenvalue weighted by atomic mass is 10.3. The molecule has 0 bridgehead atoms. The molecular formula is C16H21N3O4. The Morgan fingerprint density at radius 2 is 2.04 bits per heavy atom. The lowest BCUT2D eigenvalue weighted by Gasteiger charge is -2.29. The van der Waals surface area contributed by atoms with E-state index in [1.54, 1.807) is 7.11 Å². The van der Waals surface area contributed by atoms with Gasteiger partial charge in [0.25, 0.3) is 0 Å². The van der Waals surface area contributed by atoms with Crippen LogP contribution >= 0.6 is 0 Å². The molecule has 23 heavy (non-hydrogen) atoms. The van der Waals surface area contributed by atoms with E-state index in [0.29, 0.717) is 18.3 Å². The molecule has 1 atom stereocenters. The Morgan fingerprint density at radius 3 is 2.78 bits per heavy atom. The zero-order valence-electron chi connectivity index (χ0n) is 13.4. The Labute approximate surface area is 135 Å². The molecule has 1 fully saturated rings. The number of ether oxygens (including phenoxy) is 3. The lowest BCUT2D eigenvalue weighted by Crippen LogP contribution is -2.40. The minimum atomic E-state index is 0.240. The highest BCUT2D eigenvalue weighted by Crippen LogP contribution is 2.18. The third kappa shape index (κ3) is 4.43. The van der Waals surface area contributed by atoms with Crippen LogP contribution in [0.15, 0.2) is 28.8 Å². The van der Waals surface area contributed by atoms with E-state index in [4.69, 9.17) is 18.7 Å². The lowest BCUT2D eigenvalue weighted by molar-refractivity contribution is -0.0240. The first-order valence-corrected chi connectivity index (χ1v) is 7.65. The van der Waals surface area contributed by atoms with Gasteiger partial charge in [-0.1, -0.05) is 5.16 Å². The van der Waals surface area contributed by atoms with Crippen molar-refractivity contribution in [2.75, 3.05) is 26.8 Å². The third-order valence-corrected chi connectivity index (χ3v) is 3.62. The molecule has 3 rings (SSSR count). The average Bonchev–Trinajstić information content (AvgIpc) is 3.01. The van der Waals surface area contributed by atoms with E-state index in [-0.39, 0.29) is 12.7 Å². The maximum atomic E-state index is 5.64. The van der Waals surface area contributed by atoms with Crippen molar-refractivity contribution in [1.82, 2.24) is 15.0 Å². The maximum Gasteiger partial charge on any atom is 0.240 e. The van der Waals surface area contributed by atoms with Crippen LogP contribution < -0.4 is 9.47 Å². The summed E-state index contributed by atoms with van der Waals surface area (Å²) in [5.41, 5.74) is 0. The molecule has 1 aromatic heterocycles. The fourth-order valence-electron chi connectivity index (χ4n) is 2.46. The number of hydrogen-bond acceptors (Lipinski definition) is 7. The van der Waals surface area contributed by atoms with Gasteiger partial charge in [-0.2, -0.15) is 4.98 Å². The van der Waals surface area contributed by atoms with E-state index < -0.39 is 0 Å². The Morgan fingerprint density at radius 1 is 1.26 bits per heavy atom. The highest BCUT2D eigenvalue weighted by molar-refractivity contribution is 5.31. The van der Waals surface area contributed by atoms with Crippen molar-refractivity contribution in [2.45, 2.75) is 26.2 Å². The first-order chi connectivity index (χ1) is 11.2. The minimum absolute atomic E-state index is 0.240. The molecule has 2 aromatic rings. The van der Waals surface area contributed by atoms with E-state index in [1.165, 1.54) is 0 Å². The number of morpholine rings is 1. The van der Waals surface area contributed by atoms with Crippen molar-refractivity contribution >= 4 is 0 Å². The number of nitrogens with zero attached hydrogens (tertiary/aromatic N) is 3. The van der Waals surface area contributed by atoms with Gasteiger partial charge in [0.15, 0.2) is 6.61 Å². The summed E-state index contributed by atoms with van der Waals surface area (Å²) in [6.45, 7) is 5.47. The fraction of sp³-hybridized carbons (Fsp3) is 0.500. The number of aromatic nitrogens is 2. The summed E-state index contributed by atoms with van der Waals surface area (Å²) in [4.78, 5) is 6.61. The zero-order chi connectivity index (χ0) is 16.1. The molecule has 0 N–H and O–H groups in total. The monoisotopic (exact) mass is 319 g/mol. The van der Waals surface area contributed by atoms with Crippen LogP contribution in [0, 0.1) is 0 Å². The summed E-state index contributed by atoms with van der Waals surface area (Å²) in [5.74, 6) is 2.67. The van der Waals surface area contributed by atoms with Gasteiger partial charge in [-0.15, -0.1) is 0 Å². The van der Waals surface area contributed by atoms with Gasteiger partial charge in [-0.25, -0.2) is 0 Å². The quantitative estimate of drug-likeness (QED) is 0.805. The van der Waals surface area contributed by atoms with E-state index in [1.807, 2.05) is 24.3 Å². The first kappa shape index (κ1) is 15.8. The molecule has 0 unspecified atom stereocenters. The molecule has 0 amide bonds. The molecule has 7 heteroatoms. The van der Waals surface area contributed by atoms with Crippen LogP contribution in [-0.4, -0.2) is 48.0 Å². The van der Waals surface area contributed by atoms with Crippen LogP contribution in [0.4, 0.5) is 0 Å². The van der Waals surface area contributed by atoms with Gasteiger partial charge in [0.2, 0.25) is 11.7 Å². The Hall–Kier alpha value is -2.12. The van der Waals surface area contributed by atoms with E-state index in [2.05, 4.69) is 22.0 Å². The second-order valence-electron chi connectivity index (χ2n) is 5.49. The van der Waals surface area contributed by atoms with E-state index in [0.717, 1.165) is 31.2 Å². The largest absolute Gasteiger partial charge is 0.497 e. The highest BCUT2D eigenvalue weighted by Gasteiger charge is 2.19. The number of rotatable bonds is 6. The van der Waals surface area contributed by atoms with Crippen molar-refractivity contribution < 1.29 is 18.7 Å². The SMILES string of the molecule is COc1ccc(OCc2noc(CN3CCO[C@@H](C)C3)n2)cc1. The highest BCUT2D eigenvalue weighted by atomic mass is 16.5. The molecule has 1 aliphatic rings. The van der Waals surface area contributed by atoms with Crippen molar-refractivity contribution in [3.63, 3.8) is 0 Å². The molecule has 1 aliphatic heterocycles. The first-order valence-electron chi connectivity index (χ1n) is 7.65. The molecule has 1 saturated heterocycles. The molecule has 0 radical (unpaired) electrons. The van der Waals surface area contributed by atoms with Crippen molar-refractivity contribution in [3.8, 4) is 11.5 Å². The number of methoxy groups -OCH3 is 1. The smallest absolute Gasteiger partial charge is 0.240 e. The van der Waals surface area contributed by atoms with Gasteiger partial charge >= 0.3 is 0 Å². The van der Waals surface area contributed by atoms with Gasteiger partial charge in [0.1, 0.15) is 11.5 Å². The summed E-state index contributed by atoms with van der Waals surface area (Å²) >= 11 is 0. The van der Waals surface area contributed by atoms with Crippen LogP contribution in [0.3, 0.4) is 0 Å². The minimum Gasteiger partial charge on any atom is -0.497 e. The zero-order valence-corrected chi connectivity index (χ0v) is 13.4. The van der Waals surface area contributed by atoms with Crippen LogP contribution in [-0.2, 0) is 17.9 Å². The average molecular weight is 319 g/mol. The summed E-state index contributed by atoms with van der Waals surface area (Å²) in [6.07, 6.45) is 0.240. The number of benzene rings is 1. The predicted octanol–water partition coefficient (Wildman–Crippen LogP) is 1.88. The van der Waals surface area contributed by atoms with Crippen molar-refractivity contribution in [2.24, 2.45) is 0 Å². The summed E-state index contributed by atoms with van der Waals surface area (Å²) in [6, 6.07) is 7.37. The third-order valence-electron chi connectivity index (χ3n) is 3.62. The predicted molar refractivity (Wildman–Crippen MR) is 82.3 cm³/mol. The fourth-order valence-corrected chi connectivity index (χ4v) is 2.46. The molecule has 0 aliphatic carbocycles. The summed E-state index contributed by atoms with van der Waals surface area (Å²) in [7, 11) is 1.63. The van der Waals surface area contributed by atoms with Crippen molar-refractivity contribution in [3.05, 3.63) is 36.0 Å². The van der Waals surface area contributed by atoms with Crippen LogP contribution in [0.5, 0.6) is 11.5 Å². The molecule has 0 spiro atoms. The van der Waals surface area contributed by atoms with Gasteiger partial charge < -0.3 is 18.7 Å². The van der Waals surface area contributed by atoms with Gasteiger partial charge in [-0.3, -0.25) is 4.90 Å². The second-order valence-corrected chi connectivity index (χ2v) is 5.49. The van der Waals surface area contributed by atoms with Gasteiger partial charge in [0, 0.05) is 13.1 Å². The van der Waals surface area contributed by atoms with Crippen LogP contribution in [0.25, 0.3) is 0 Å². The Balaban J connectivity index is 1.50. The molecular weight excluding hydrogens is 298 g/mol. The topological polar surface area (TPSA) is 69.9 Å². The molecule has 1 aromatic carbocycles. The summed E-state index contributed by atoms with van der Waals surface area (Å²) in [5, 5.41) is 3.96. The molecule has 0 saturated carbocycles. The van der Waals surface area contributed by atoms with Crippen molar-refractivity contribution in [1.29, 1.82) is 0 Å². The maximum absolute atomic E-state index is 5.64. The standard InChI is InChI=1S/C16H21N3O4/c1-12-9-19(7-8-21-12)10-16-17-15(18-23-16)11-22-14-5-3-13(20-2)4-6-14/h3-6,12H,7-11H2,1-2H3/t12-/m0/s1. The Kier molecular flexibility index (Phi) is 5.09. The summed E-state index contributed by atoms with van der Waals surface area (Å²) < 4.78 is 21.5.